The molecule has 0 N–H and O–H groups in total. The predicted octanol–water partition coefficient (Wildman–Crippen LogP) is 1.58. The van der Waals surface area contributed by atoms with Crippen LogP contribution in [0.2, 0.25) is 0 Å². The summed E-state index contributed by atoms with van der Waals surface area (Å²) in [7, 11) is 0. The van der Waals surface area contributed by atoms with Crippen LogP contribution in [0.15, 0.2) is 12.1 Å². The van der Waals surface area contributed by atoms with Crippen molar-refractivity contribution in [2.45, 2.75) is 0 Å². The van der Waals surface area contributed by atoms with Gasteiger partial charge in [0, 0.05) is 5.92 Å². The summed E-state index contributed by atoms with van der Waals surface area (Å²) in [6.45, 7) is -3.87. The van der Waals surface area contributed by atoms with E-state index < -0.39 is 6.98 Å². The summed E-state index contributed by atoms with van der Waals surface area (Å²) in [5.41, 5.74) is 0. The largest absolute Gasteiger partial charge is 0.502 e. The van der Waals surface area contributed by atoms with E-state index in [4.69, 9.17) is 0 Å². The molecule has 1 fully saturated rings. The first kappa shape index (κ1) is 7.66. The Balaban J connectivity index is 2.28. The predicted molar refractivity (Wildman–Crippen MR) is 32.5 cm³/mol. The summed E-state index contributed by atoms with van der Waals surface area (Å²) >= 11 is 0. The van der Waals surface area contributed by atoms with Crippen LogP contribution in [-0.2, 0) is 4.74 Å². The molecular formula is C5H7BF3O-. The van der Waals surface area contributed by atoms with Gasteiger partial charge in [0.1, 0.15) is 0 Å². The minimum atomic E-state index is -4.74. The molecule has 1 heterocycles. The highest BCUT2D eigenvalue weighted by molar-refractivity contribution is 6.64. The lowest BCUT2D eigenvalue weighted by Gasteiger charge is -2.23. The molecule has 0 aromatic carbocycles. The quantitative estimate of drug-likeness (QED) is 0.544. The monoisotopic (exact) mass is 151 g/mol. The number of hydrogen-bond donors (Lipinski definition) is 0. The second-order valence-electron chi connectivity index (χ2n) is 2.31. The molecule has 0 amide bonds. The van der Waals surface area contributed by atoms with Crippen LogP contribution in [0.4, 0.5) is 12.9 Å². The van der Waals surface area contributed by atoms with Crippen LogP contribution >= 0.6 is 0 Å². The molecule has 0 bridgehead atoms. The van der Waals surface area contributed by atoms with E-state index in [-0.39, 0.29) is 5.92 Å². The van der Waals surface area contributed by atoms with Gasteiger partial charge in [-0.2, -0.15) is 0 Å². The second-order valence-corrected chi connectivity index (χ2v) is 2.31. The maximum atomic E-state index is 11.5. The number of hydrogen-bond acceptors (Lipinski definition) is 1. The summed E-state index contributed by atoms with van der Waals surface area (Å²) in [6.07, 6.45) is 1.17. The molecule has 1 rings (SSSR count). The highest BCUT2D eigenvalue weighted by atomic mass is 19.4. The van der Waals surface area contributed by atoms with Gasteiger partial charge in [0.25, 0.3) is 0 Å². The van der Waals surface area contributed by atoms with Crippen LogP contribution in [0, 0.1) is 5.92 Å². The molecule has 1 aliphatic rings. The van der Waals surface area contributed by atoms with Crippen molar-refractivity contribution >= 4 is 6.98 Å². The maximum absolute atomic E-state index is 11.5. The van der Waals surface area contributed by atoms with E-state index in [1.54, 1.807) is 0 Å². The Bertz CT molecular complexity index is 138. The van der Waals surface area contributed by atoms with E-state index in [0.29, 0.717) is 19.2 Å². The molecule has 1 saturated heterocycles. The average Bonchev–Trinajstić information content (AvgIpc) is 1.56. The third-order valence-corrected chi connectivity index (χ3v) is 1.27. The molecule has 0 aromatic rings. The molecule has 0 aromatic heterocycles. The van der Waals surface area contributed by atoms with Crippen molar-refractivity contribution in [1.82, 2.24) is 0 Å². The molecule has 0 spiro atoms. The lowest BCUT2D eigenvalue weighted by molar-refractivity contribution is -0.00766. The van der Waals surface area contributed by atoms with E-state index in [0.717, 1.165) is 0 Å². The highest BCUT2D eigenvalue weighted by Gasteiger charge is 2.20. The van der Waals surface area contributed by atoms with Crippen molar-refractivity contribution in [1.29, 1.82) is 0 Å². The average molecular weight is 151 g/mol. The zero-order valence-electron chi connectivity index (χ0n) is 5.27. The van der Waals surface area contributed by atoms with E-state index in [2.05, 4.69) is 4.74 Å². The lowest BCUT2D eigenvalue weighted by atomic mass is 9.89. The van der Waals surface area contributed by atoms with Crippen LogP contribution in [0.25, 0.3) is 0 Å². The molecule has 1 aliphatic heterocycles. The Hall–Kier alpha value is -0.445. The van der Waals surface area contributed by atoms with Gasteiger partial charge in [-0.1, -0.05) is 0 Å². The first-order valence-electron chi connectivity index (χ1n) is 3.05. The fraction of sp³-hybridized carbons (Fsp3) is 0.600. The Morgan fingerprint density at radius 1 is 1.30 bits per heavy atom. The van der Waals surface area contributed by atoms with Gasteiger partial charge >= 0.3 is 6.98 Å². The third-order valence-electron chi connectivity index (χ3n) is 1.27. The van der Waals surface area contributed by atoms with Gasteiger partial charge in [-0.25, -0.2) is 0 Å². The molecule has 0 atom stereocenters. The Kier molecular flexibility index (Phi) is 2.04. The zero-order chi connectivity index (χ0) is 7.61. The van der Waals surface area contributed by atoms with Crippen molar-refractivity contribution in [2.24, 2.45) is 5.92 Å². The molecule has 1 nitrogen and oxygen atoms in total. The molecule has 0 radical (unpaired) electrons. The highest BCUT2D eigenvalue weighted by Crippen LogP contribution is 2.15. The molecular weight excluding hydrogens is 144 g/mol. The summed E-state index contributed by atoms with van der Waals surface area (Å²) in [5, 5.41) is 0. The van der Waals surface area contributed by atoms with E-state index in [1.807, 2.05) is 0 Å². The molecule has 0 saturated carbocycles. The van der Waals surface area contributed by atoms with Crippen LogP contribution in [0.1, 0.15) is 0 Å². The van der Waals surface area contributed by atoms with Gasteiger partial charge in [0.2, 0.25) is 0 Å². The summed E-state index contributed by atoms with van der Waals surface area (Å²) in [4.78, 5) is 0. The van der Waals surface area contributed by atoms with Crippen molar-refractivity contribution < 1.29 is 17.7 Å². The topological polar surface area (TPSA) is 9.23 Å². The van der Waals surface area contributed by atoms with Gasteiger partial charge in [0.15, 0.2) is 0 Å². The van der Waals surface area contributed by atoms with Gasteiger partial charge in [-0.3, -0.25) is 0 Å². The van der Waals surface area contributed by atoms with Crippen LogP contribution in [0.5, 0.6) is 0 Å². The zero-order valence-corrected chi connectivity index (χ0v) is 5.27. The summed E-state index contributed by atoms with van der Waals surface area (Å²) < 4.78 is 39.2. The van der Waals surface area contributed by atoms with Gasteiger partial charge in [-0.05, 0) is 0 Å². The van der Waals surface area contributed by atoms with Gasteiger partial charge in [-0.15, -0.1) is 12.1 Å². The van der Waals surface area contributed by atoms with Crippen molar-refractivity contribution in [2.75, 3.05) is 13.2 Å². The van der Waals surface area contributed by atoms with Crippen LogP contribution < -0.4 is 0 Å². The lowest BCUT2D eigenvalue weighted by Crippen LogP contribution is -2.26. The number of halogens is 3. The smallest absolute Gasteiger partial charge is 0.445 e. The molecule has 0 unspecified atom stereocenters. The Morgan fingerprint density at radius 3 is 2.20 bits per heavy atom. The first-order chi connectivity index (χ1) is 4.58. The fourth-order valence-electron chi connectivity index (χ4n) is 0.648. The van der Waals surface area contributed by atoms with Crippen molar-refractivity contribution in [3.8, 4) is 0 Å². The summed E-state index contributed by atoms with van der Waals surface area (Å²) in [6, 6.07) is 0. The minimum Gasteiger partial charge on any atom is -0.445 e. The number of ether oxygens (including phenoxy) is 1. The van der Waals surface area contributed by atoms with Crippen molar-refractivity contribution in [3.63, 3.8) is 0 Å². The van der Waals surface area contributed by atoms with E-state index >= 15 is 0 Å². The van der Waals surface area contributed by atoms with Crippen LogP contribution in [0.3, 0.4) is 0 Å². The van der Waals surface area contributed by atoms with Gasteiger partial charge in [0.05, 0.1) is 13.2 Å². The Labute approximate surface area is 56.9 Å². The van der Waals surface area contributed by atoms with E-state index in [1.165, 1.54) is 6.08 Å². The standard InChI is InChI=1S/C5H7BF3O/c7-6(8,9)2-1-5-3-10-4-5/h1-2,5H,3-4H2/q-1/b2-1+. The van der Waals surface area contributed by atoms with Gasteiger partial charge < -0.3 is 17.7 Å². The summed E-state index contributed by atoms with van der Waals surface area (Å²) in [5.74, 6) is 0.316. The molecule has 5 heteroatoms. The third kappa shape index (κ3) is 2.43. The fourth-order valence-corrected chi connectivity index (χ4v) is 0.648. The SMILES string of the molecule is F[B-](F)(F)/C=C/C1COC1. The second kappa shape index (κ2) is 2.66. The Morgan fingerprint density at radius 2 is 1.90 bits per heavy atom. The van der Waals surface area contributed by atoms with Crippen molar-refractivity contribution in [3.05, 3.63) is 12.1 Å². The molecule has 58 valence electrons. The maximum Gasteiger partial charge on any atom is 0.502 e. The minimum absolute atomic E-state index is 0.0106. The molecule has 0 aliphatic carbocycles. The number of rotatable bonds is 2. The first-order valence-corrected chi connectivity index (χ1v) is 3.05. The van der Waals surface area contributed by atoms with Crippen LogP contribution in [-0.4, -0.2) is 20.2 Å². The molecule has 10 heavy (non-hydrogen) atoms. The normalized spacial score (nSPS) is 21.5. The van der Waals surface area contributed by atoms with E-state index in [9.17, 15) is 12.9 Å².